The lowest BCUT2D eigenvalue weighted by atomic mass is 9.48. The van der Waals surface area contributed by atoms with Crippen LogP contribution in [0.15, 0.2) is 18.2 Å². The second kappa shape index (κ2) is 6.93. The average molecular weight is 384 g/mol. The lowest BCUT2D eigenvalue weighted by Gasteiger charge is -2.59. The van der Waals surface area contributed by atoms with E-state index in [0.717, 1.165) is 42.2 Å². The molecule has 5 fully saturated rings. The van der Waals surface area contributed by atoms with E-state index in [1.165, 1.54) is 57.8 Å². The Morgan fingerprint density at radius 1 is 1.07 bits per heavy atom. The molecule has 5 heteroatoms. The summed E-state index contributed by atoms with van der Waals surface area (Å²) < 4.78 is 0. The first kappa shape index (κ1) is 18.3. The molecule has 1 N–H and O–H groups in total. The third-order valence-corrected chi connectivity index (χ3v) is 8.27. The minimum atomic E-state index is -0.227. The highest BCUT2D eigenvalue weighted by Crippen LogP contribution is 2.61. The van der Waals surface area contributed by atoms with Crippen molar-refractivity contribution in [2.45, 2.75) is 70.8 Å². The van der Waals surface area contributed by atoms with Gasteiger partial charge in [-0.2, -0.15) is 0 Å². The van der Waals surface area contributed by atoms with Crippen LogP contribution >= 0.6 is 0 Å². The topological polar surface area (TPSA) is 58.4 Å². The van der Waals surface area contributed by atoms with Crippen LogP contribution in [0.25, 0.3) is 0 Å². The average Bonchev–Trinajstić information content (AvgIpc) is 2.67. The van der Waals surface area contributed by atoms with Crippen LogP contribution in [0.2, 0.25) is 0 Å². The summed E-state index contributed by atoms with van der Waals surface area (Å²) in [5.74, 6) is 2.68. The van der Waals surface area contributed by atoms with Gasteiger partial charge in [0.05, 0.1) is 4.92 Å². The minimum Gasteiger partial charge on any atom is -0.376 e. The fourth-order valence-electron chi connectivity index (χ4n) is 7.24. The quantitative estimate of drug-likeness (QED) is 0.531. The monoisotopic (exact) mass is 383 g/mol. The summed E-state index contributed by atoms with van der Waals surface area (Å²) in [6.45, 7) is 4.40. The summed E-state index contributed by atoms with van der Waals surface area (Å²) >= 11 is 0. The molecule has 1 saturated heterocycles. The van der Waals surface area contributed by atoms with E-state index >= 15 is 0 Å². The largest absolute Gasteiger partial charge is 0.376 e. The Kier molecular flexibility index (Phi) is 4.52. The third kappa shape index (κ3) is 3.17. The van der Waals surface area contributed by atoms with Crippen molar-refractivity contribution in [3.05, 3.63) is 28.3 Å². The fraction of sp³-hybridized carbons (Fsp3) is 0.739. The molecular weight excluding hydrogens is 350 g/mol. The zero-order chi connectivity index (χ0) is 19.3. The molecule has 28 heavy (non-hydrogen) atoms. The van der Waals surface area contributed by atoms with Gasteiger partial charge in [-0.05, 0) is 100 Å². The predicted octanol–water partition coefficient (Wildman–Crippen LogP) is 5.60. The zero-order valence-corrected chi connectivity index (χ0v) is 17.0. The predicted molar refractivity (Wildman–Crippen MR) is 113 cm³/mol. The first-order valence-corrected chi connectivity index (χ1v) is 11.3. The molecule has 1 aromatic rings. The van der Waals surface area contributed by atoms with Gasteiger partial charge in [0.15, 0.2) is 0 Å². The van der Waals surface area contributed by atoms with E-state index in [1.807, 2.05) is 12.1 Å². The van der Waals surface area contributed by atoms with E-state index in [-0.39, 0.29) is 16.7 Å². The summed E-state index contributed by atoms with van der Waals surface area (Å²) in [6.07, 6.45) is 11.9. The summed E-state index contributed by atoms with van der Waals surface area (Å²) in [7, 11) is 0. The van der Waals surface area contributed by atoms with Crippen molar-refractivity contribution in [1.82, 2.24) is 0 Å². The highest BCUT2D eigenvalue weighted by molar-refractivity contribution is 5.69. The molecule has 0 spiro atoms. The Labute approximate surface area is 168 Å². The molecule has 1 atom stereocenters. The van der Waals surface area contributed by atoms with Gasteiger partial charge in [0, 0.05) is 30.9 Å². The first-order chi connectivity index (χ1) is 13.5. The van der Waals surface area contributed by atoms with E-state index in [1.54, 1.807) is 6.07 Å². The lowest BCUT2D eigenvalue weighted by Crippen LogP contribution is -2.52. The molecule has 1 aromatic carbocycles. The van der Waals surface area contributed by atoms with Crippen molar-refractivity contribution >= 4 is 17.1 Å². The molecule has 152 valence electrons. The van der Waals surface area contributed by atoms with Crippen LogP contribution in [0, 0.1) is 33.3 Å². The Morgan fingerprint density at radius 2 is 1.68 bits per heavy atom. The van der Waals surface area contributed by atoms with Crippen molar-refractivity contribution in [1.29, 1.82) is 0 Å². The number of nitro benzene ring substituents is 1. The molecule has 0 amide bonds. The SMILES string of the molecule is CC(Nc1cc(N2CCCCC2)ccc1[N+](=O)[O-])C12CC3CC(CC(C3)C1)C2. The molecule has 0 aromatic heterocycles. The van der Waals surface area contributed by atoms with Crippen molar-refractivity contribution in [2.24, 2.45) is 23.2 Å². The molecule has 4 bridgehead atoms. The van der Waals surface area contributed by atoms with E-state index in [4.69, 9.17) is 0 Å². The number of nitro groups is 1. The van der Waals surface area contributed by atoms with Gasteiger partial charge in [-0.25, -0.2) is 0 Å². The van der Waals surface area contributed by atoms with Crippen molar-refractivity contribution < 1.29 is 4.92 Å². The standard InChI is InChI=1S/C23H33N3O2/c1-16(23-13-17-9-18(14-23)11-19(10-17)15-23)24-21-12-20(5-6-22(21)26(27)28)25-7-3-2-4-8-25/h5-6,12,16-19,24H,2-4,7-11,13-15H2,1H3. The van der Waals surface area contributed by atoms with Gasteiger partial charge < -0.3 is 10.2 Å². The van der Waals surface area contributed by atoms with Gasteiger partial charge in [0.25, 0.3) is 5.69 Å². The van der Waals surface area contributed by atoms with Crippen LogP contribution in [0.1, 0.15) is 64.7 Å². The fourth-order valence-corrected chi connectivity index (χ4v) is 7.24. The second-order valence-corrected chi connectivity index (χ2v) is 10.2. The number of hydrogen-bond acceptors (Lipinski definition) is 4. The van der Waals surface area contributed by atoms with Crippen LogP contribution in [0.3, 0.4) is 0 Å². The number of nitrogens with zero attached hydrogens (tertiary/aromatic N) is 2. The van der Waals surface area contributed by atoms with Crippen molar-refractivity contribution in [2.75, 3.05) is 23.3 Å². The Hall–Kier alpha value is -1.78. The maximum Gasteiger partial charge on any atom is 0.292 e. The highest BCUT2D eigenvalue weighted by Gasteiger charge is 2.53. The zero-order valence-electron chi connectivity index (χ0n) is 17.0. The normalized spacial score (nSPS) is 35.0. The number of piperidine rings is 1. The Bertz CT molecular complexity index is 721. The molecule has 1 unspecified atom stereocenters. The Balaban J connectivity index is 1.41. The van der Waals surface area contributed by atoms with E-state index in [2.05, 4.69) is 17.1 Å². The minimum absolute atomic E-state index is 0.220. The molecule has 4 saturated carbocycles. The van der Waals surface area contributed by atoms with Crippen LogP contribution in [0.4, 0.5) is 17.1 Å². The summed E-state index contributed by atoms with van der Waals surface area (Å²) in [5, 5.41) is 15.4. The molecule has 6 rings (SSSR count). The van der Waals surface area contributed by atoms with Gasteiger partial charge in [-0.3, -0.25) is 10.1 Å². The number of benzene rings is 1. The molecule has 1 heterocycles. The number of hydrogen-bond donors (Lipinski definition) is 1. The smallest absolute Gasteiger partial charge is 0.292 e. The molecule has 5 nitrogen and oxygen atoms in total. The number of nitrogens with one attached hydrogen (secondary N) is 1. The third-order valence-electron chi connectivity index (χ3n) is 8.27. The Morgan fingerprint density at radius 3 is 2.25 bits per heavy atom. The maximum atomic E-state index is 11.7. The van der Waals surface area contributed by atoms with Crippen molar-refractivity contribution in [3.63, 3.8) is 0 Å². The molecular formula is C23H33N3O2. The van der Waals surface area contributed by atoms with Gasteiger partial charge >= 0.3 is 0 Å². The van der Waals surface area contributed by atoms with Crippen molar-refractivity contribution in [3.8, 4) is 0 Å². The van der Waals surface area contributed by atoms with Gasteiger partial charge in [0.2, 0.25) is 0 Å². The van der Waals surface area contributed by atoms with E-state index in [0.29, 0.717) is 5.41 Å². The van der Waals surface area contributed by atoms with Crippen LogP contribution < -0.4 is 10.2 Å². The molecule has 0 radical (unpaired) electrons. The van der Waals surface area contributed by atoms with Gasteiger partial charge in [0.1, 0.15) is 5.69 Å². The highest BCUT2D eigenvalue weighted by atomic mass is 16.6. The van der Waals surface area contributed by atoms with Gasteiger partial charge in [-0.1, -0.05) is 0 Å². The van der Waals surface area contributed by atoms with Crippen LogP contribution in [-0.2, 0) is 0 Å². The maximum absolute atomic E-state index is 11.7. The summed E-state index contributed by atoms with van der Waals surface area (Å²) in [5.41, 5.74) is 2.41. The van der Waals surface area contributed by atoms with Gasteiger partial charge in [-0.15, -0.1) is 0 Å². The van der Waals surface area contributed by atoms with Crippen LogP contribution in [0.5, 0.6) is 0 Å². The summed E-state index contributed by atoms with van der Waals surface area (Å²) in [4.78, 5) is 13.8. The first-order valence-electron chi connectivity index (χ1n) is 11.3. The number of rotatable bonds is 5. The van der Waals surface area contributed by atoms with Crippen LogP contribution in [-0.4, -0.2) is 24.1 Å². The number of anilines is 2. The lowest BCUT2D eigenvalue weighted by molar-refractivity contribution is -0.384. The second-order valence-electron chi connectivity index (χ2n) is 10.2. The van der Waals surface area contributed by atoms with E-state index in [9.17, 15) is 10.1 Å². The molecule has 5 aliphatic rings. The summed E-state index contributed by atoms with van der Waals surface area (Å²) in [6, 6.07) is 5.97. The molecule has 1 aliphatic heterocycles. The molecule has 4 aliphatic carbocycles. The van der Waals surface area contributed by atoms with E-state index < -0.39 is 0 Å².